The number of hydrogen-bond donors (Lipinski definition) is 1. The standard InChI is InChI=1S/C18H25N3O3/c1-13(2)5-4-6-14(3)20-17(22)11-23-16-9-7-15(8-10-16)18-21-19-12-24-18/h7-10,12-14H,4-6,11H2,1-3H3,(H,20,22)/t14-/m1/s1. The largest absolute Gasteiger partial charge is 0.484 e. The van der Waals surface area contributed by atoms with Crippen molar-refractivity contribution >= 4 is 5.91 Å². The molecule has 1 aromatic carbocycles. The van der Waals surface area contributed by atoms with Crippen molar-refractivity contribution in [1.82, 2.24) is 15.5 Å². The highest BCUT2D eigenvalue weighted by Crippen LogP contribution is 2.20. The molecule has 1 aromatic heterocycles. The maximum atomic E-state index is 11.9. The monoisotopic (exact) mass is 331 g/mol. The molecule has 1 atom stereocenters. The van der Waals surface area contributed by atoms with Gasteiger partial charge in [0.25, 0.3) is 5.91 Å². The maximum Gasteiger partial charge on any atom is 0.258 e. The Bertz CT molecular complexity index is 609. The van der Waals surface area contributed by atoms with Crippen molar-refractivity contribution in [3.8, 4) is 17.2 Å². The summed E-state index contributed by atoms with van der Waals surface area (Å²) in [5, 5.41) is 10.4. The molecule has 0 fully saturated rings. The van der Waals surface area contributed by atoms with Crippen LogP contribution in [0.25, 0.3) is 11.5 Å². The zero-order valence-corrected chi connectivity index (χ0v) is 14.5. The number of amides is 1. The van der Waals surface area contributed by atoms with Gasteiger partial charge in [0.05, 0.1) is 0 Å². The number of nitrogens with one attached hydrogen (secondary N) is 1. The van der Waals surface area contributed by atoms with Crippen LogP contribution >= 0.6 is 0 Å². The lowest BCUT2D eigenvalue weighted by Gasteiger charge is -2.15. The lowest BCUT2D eigenvalue weighted by molar-refractivity contribution is -0.123. The smallest absolute Gasteiger partial charge is 0.258 e. The Labute approximate surface area is 142 Å². The molecule has 2 aromatic rings. The fourth-order valence-corrected chi connectivity index (χ4v) is 2.36. The minimum Gasteiger partial charge on any atom is -0.484 e. The van der Waals surface area contributed by atoms with Crippen molar-refractivity contribution in [1.29, 1.82) is 0 Å². The highest BCUT2D eigenvalue weighted by Gasteiger charge is 2.09. The summed E-state index contributed by atoms with van der Waals surface area (Å²) in [5.41, 5.74) is 0.808. The third-order valence-electron chi connectivity index (χ3n) is 3.66. The summed E-state index contributed by atoms with van der Waals surface area (Å²) in [6, 6.07) is 7.35. The molecule has 0 spiro atoms. The van der Waals surface area contributed by atoms with Crippen molar-refractivity contribution < 1.29 is 13.9 Å². The number of benzene rings is 1. The van der Waals surface area contributed by atoms with Crippen LogP contribution in [0.3, 0.4) is 0 Å². The summed E-state index contributed by atoms with van der Waals surface area (Å²) in [5.74, 6) is 1.68. The van der Waals surface area contributed by atoms with Gasteiger partial charge in [0.1, 0.15) is 5.75 Å². The van der Waals surface area contributed by atoms with Gasteiger partial charge in [0, 0.05) is 11.6 Å². The number of rotatable bonds is 9. The molecule has 0 aliphatic heterocycles. The molecule has 0 radical (unpaired) electrons. The second-order valence-electron chi connectivity index (χ2n) is 6.35. The molecule has 6 nitrogen and oxygen atoms in total. The molecule has 0 saturated carbocycles. The first-order chi connectivity index (χ1) is 11.5. The van der Waals surface area contributed by atoms with Gasteiger partial charge in [-0.2, -0.15) is 0 Å². The normalized spacial score (nSPS) is 12.2. The average molecular weight is 331 g/mol. The lowest BCUT2D eigenvalue weighted by atomic mass is 10.0. The van der Waals surface area contributed by atoms with Crippen molar-refractivity contribution in [2.24, 2.45) is 5.92 Å². The Morgan fingerprint density at radius 3 is 2.58 bits per heavy atom. The van der Waals surface area contributed by atoms with E-state index in [2.05, 4.69) is 29.4 Å². The summed E-state index contributed by atoms with van der Waals surface area (Å²) in [4.78, 5) is 11.9. The van der Waals surface area contributed by atoms with Crippen LogP contribution in [0.1, 0.15) is 40.0 Å². The maximum absolute atomic E-state index is 11.9. The molecule has 0 aliphatic rings. The van der Waals surface area contributed by atoms with E-state index in [1.165, 1.54) is 12.8 Å². The van der Waals surface area contributed by atoms with E-state index in [4.69, 9.17) is 9.15 Å². The highest BCUT2D eigenvalue weighted by atomic mass is 16.5. The van der Waals surface area contributed by atoms with Gasteiger partial charge in [-0.1, -0.05) is 26.7 Å². The van der Waals surface area contributed by atoms with E-state index in [1.54, 1.807) is 12.1 Å². The minimum atomic E-state index is -0.104. The summed E-state index contributed by atoms with van der Waals surface area (Å²) < 4.78 is 10.6. The quantitative estimate of drug-likeness (QED) is 0.761. The van der Waals surface area contributed by atoms with Gasteiger partial charge >= 0.3 is 0 Å². The number of ether oxygens (including phenoxy) is 1. The first-order valence-electron chi connectivity index (χ1n) is 8.33. The molecule has 0 bridgehead atoms. The van der Waals surface area contributed by atoms with Crippen LogP contribution in [0, 0.1) is 5.92 Å². The molecular weight excluding hydrogens is 306 g/mol. The van der Waals surface area contributed by atoms with Gasteiger partial charge in [0.15, 0.2) is 6.61 Å². The zero-order valence-electron chi connectivity index (χ0n) is 14.5. The lowest BCUT2D eigenvalue weighted by Crippen LogP contribution is -2.36. The summed E-state index contributed by atoms with van der Waals surface area (Å²) in [6.07, 6.45) is 4.58. The van der Waals surface area contributed by atoms with Crippen LogP contribution < -0.4 is 10.1 Å². The zero-order chi connectivity index (χ0) is 17.4. The number of nitrogens with zero attached hydrogens (tertiary/aromatic N) is 2. The summed E-state index contributed by atoms with van der Waals surface area (Å²) in [7, 11) is 0. The van der Waals surface area contributed by atoms with Crippen LogP contribution in [0.4, 0.5) is 0 Å². The Kier molecular flexibility index (Phi) is 6.78. The molecule has 130 valence electrons. The molecule has 0 aliphatic carbocycles. The summed E-state index contributed by atoms with van der Waals surface area (Å²) >= 11 is 0. The van der Waals surface area contributed by atoms with Crippen molar-refractivity contribution in [3.63, 3.8) is 0 Å². The van der Waals surface area contributed by atoms with Crippen LogP contribution in [-0.2, 0) is 4.79 Å². The van der Waals surface area contributed by atoms with Gasteiger partial charge < -0.3 is 14.5 Å². The third kappa shape index (κ3) is 6.02. The molecule has 6 heteroatoms. The number of carbonyl (C=O) groups is 1. The van der Waals surface area contributed by atoms with Crippen molar-refractivity contribution in [2.75, 3.05) is 6.61 Å². The molecule has 0 unspecified atom stereocenters. The van der Waals surface area contributed by atoms with E-state index in [-0.39, 0.29) is 18.6 Å². The highest BCUT2D eigenvalue weighted by molar-refractivity contribution is 5.77. The predicted octanol–water partition coefficient (Wildman–Crippen LogP) is 3.45. The van der Waals surface area contributed by atoms with Crippen molar-refractivity contribution in [2.45, 2.75) is 46.1 Å². The molecule has 0 saturated heterocycles. The van der Waals surface area contributed by atoms with Crippen LogP contribution in [0.5, 0.6) is 5.75 Å². The fraction of sp³-hybridized carbons (Fsp3) is 0.500. The second kappa shape index (κ2) is 9.05. The molecular formula is C18H25N3O3. The van der Waals surface area contributed by atoms with E-state index >= 15 is 0 Å². The van der Waals surface area contributed by atoms with Gasteiger partial charge in [-0.15, -0.1) is 10.2 Å². The average Bonchev–Trinajstić information content (AvgIpc) is 3.07. The first kappa shape index (κ1) is 18.0. The van der Waals surface area contributed by atoms with E-state index in [0.717, 1.165) is 18.4 Å². The van der Waals surface area contributed by atoms with E-state index in [1.807, 2.05) is 19.1 Å². The Hall–Kier alpha value is -2.37. The molecule has 24 heavy (non-hydrogen) atoms. The second-order valence-corrected chi connectivity index (χ2v) is 6.35. The first-order valence-corrected chi connectivity index (χ1v) is 8.33. The number of hydrogen-bond acceptors (Lipinski definition) is 5. The van der Waals surface area contributed by atoms with Gasteiger partial charge in [-0.05, 0) is 43.5 Å². The molecule has 1 N–H and O–H groups in total. The topological polar surface area (TPSA) is 77.2 Å². The molecule has 1 amide bonds. The SMILES string of the molecule is CC(C)CCC[C@@H](C)NC(=O)COc1ccc(-c2nnco2)cc1. The number of aromatic nitrogens is 2. The Balaban J connectivity index is 1.71. The van der Waals surface area contributed by atoms with Gasteiger partial charge in [-0.3, -0.25) is 4.79 Å². The van der Waals surface area contributed by atoms with E-state index in [9.17, 15) is 4.79 Å². The van der Waals surface area contributed by atoms with Crippen LogP contribution in [0.15, 0.2) is 35.1 Å². The van der Waals surface area contributed by atoms with E-state index in [0.29, 0.717) is 17.6 Å². The third-order valence-corrected chi connectivity index (χ3v) is 3.66. The van der Waals surface area contributed by atoms with E-state index < -0.39 is 0 Å². The predicted molar refractivity (Wildman–Crippen MR) is 91.5 cm³/mol. The van der Waals surface area contributed by atoms with Gasteiger partial charge in [0.2, 0.25) is 12.3 Å². The fourth-order valence-electron chi connectivity index (χ4n) is 2.36. The van der Waals surface area contributed by atoms with Crippen molar-refractivity contribution in [3.05, 3.63) is 30.7 Å². The molecule has 1 heterocycles. The van der Waals surface area contributed by atoms with Crippen LogP contribution in [-0.4, -0.2) is 28.8 Å². The number of carbonyl (C=O) groups excluding carboxylic acids is 1. The Morgan fingerprint density at radius 2 is 1.96 bits per heavy atom. The summed E-state index contributed by atoms with van der Waals surface area (Å²) in [6.45, 7) is 6.45. The van der Waals surface area contributed by atoms with Gasteiger partial charge in [-0.25, -0.2) is 0 Å². The Morgan fingerprint density at radius 1 is 1.21 bits per heavy atom. The minimum absolute atomic E-state index is 0.00836. The van der Waals surface area contributed by atoms with Crippen LogP contribution in [0.2, 0.25) is 0 Å². The molecule has 2 rings (SSSR count).